The van der Waals surface area contributed by atoms with Crippen LogP contribution >= 0.6 is 0 Å². The third-order valence-corrected chi connectivity index (χ3v) is 4.52. The summed E-state index contributed by atoms with van der Waals surface area (Å²) in [5.74, 6) is 0. The molecule has 0 radical (unpaired) electrons. The van der Waals surface area contributed by atoms with Crippen LogP contribution in [-0.2, 0) is 16.6 Å². The second kappa shape index (κ2) is 7.62. The summed E-state index contributed by atoms with van der Waals surface area (Å²) in [6, 6.07) is 7.03. The molecule has 0 saturated heterocycles. The number of hydrogen-bond acceptors (Lipinski definition) is 3. The fraction of sp³-hybridized carbons (Fsp3) is 0.571. The van der Waals surface area contributed by atoms with Gasteiger partial charge in [0.1, 0.15) is 0 Å². The second-order valence-electron chi connectivity index (χ2n) is 4.75. The van der Waals surface area contributed by atoms with E-state index in [0.29, 0.717) is 11.4 Å². The second-order valence-corrected chi connectivity index (χ2v) is 6.47. The normalized spacial score (nSPS) is 13.4. The summed E-state index contributed by atoms with van der Waals surface area (Å²) in [5.41, 5.74) is 0.987. The number of rotatable bonds is 8. The van der Waals surface area contributed by atoms with Crippen molar-refractivity contribution < 1.29 is 8.42 Å². The lowest BCUT2D eigenvalue weighted by Gasteiger charge is -2.13. The summed E-state index contributed by atoms with van der Waals surface area (Å²) < 4.78 is 27.0. The summed E-state index contributed by atoms with van der Waals surface area (Å²) in [5, 5.41) is 3.27. The predicted octanol–water partition coefficient (Wildman–Crippen LogP) is 2.26. The van der Waals surface area contributed by atoms with Crippen LogP contribution in [0.15, 0.2) is 29.2 Å². The molecule has 0 aliphatic heterocycles. The molecular formula is C14H24N2O2S. The van der Waals surface area contributed by atoms with E-state index in [2.05, 4.69) is 17.0 Å². The summed E-state index contributed by atoms with van der Waals surface area (Å²) in [6.45, 7) is 7.55. The van der Waals surface area contributed by atoms with Gasteiger partial charge in [0, 0.05) is 12.6 Å². The highest BCUT2D eigenvalue weighted by atomic mass is 32.2. The highest BCUT2D eigenvalue weighted by molar-refractivity contribution is 7.89. The lowest BCUT2D eigenvalue weighted by molar-refractivity contribution is 0.555. The van der Waals surface area contributed by atoms with Crippen molar-refractivity contribution in [3.05, 3.63) is 29.8 Å². The van der Waals surface area contributed by atoms with E-state index in [0.717, 1.165) is 24.9 Å². The molecule has 1 unspecified atom stereocenters. The van der Waals surface area contributed by atoms with Crippen LogP contribution < -0.4 is 10.0 Å². The van der Waals surface area contributed by atoms with E-state index in [4.69, 9.17) is 0 Å². The van der Waals surface area contributed by atoms with Gasteiger partial charge in [-0.15, -0.1) is 0 Å². The zero-order chi connectivity index (χ0) is 14.3. The molecule has 1 aromatic carbocycles. The van der Waals surface area contributed by atoms with Crippen molar-refractivity contribution in [1.29, 1.82) is 0 Å². The van der Waals surface area contributed by atoms with E-state index in [9.17, 15) is 8.42 Å². The van der Waals surface area contributed by atoms with Crippen LogP contribution in [0.25, 0.3) is 0 Å². The van der Waals surface area contributed by atoms with Gasteiger partial charge in [0.2, 0.25) is 10.0 Å². The van der Waals surface area contributed by atoms with Crippen molar-refractivity contribution in [1.82, 2.24) is 10.0 Å². The maximum atomic E-state index is 12.2. The first-order chi connectivity index (χ1) is 8.99. The van der Waals surface area contributed by atoms with Gasteiger partial charge in [-0.25, -0.2) is 13.1 Å². The topological polar surface area (TPSA) is 58.2 Å². The smallest absolute Gasteiger partial charge is 0.240 e. The molecule has 4 nitrogen and oxygen atoms in total. The van der Waals surface area contributed by atoms with Gasteiger partial charge < -0.3 is 5.32 Å². The van der Waals surface area contributed by atoms with Crippen LogP contribution in [0, 0.1) is 0 Å². The van der Waals surface area contributed by atoms with Gasteiger partial charge in [0.25, 0.3) is 0 Å². The van der Waals surface area contributed by atoms with Crippen molar-refractivity contribution in [3.8, 4) is 0 Å². The molecule has 0 fully saturated rings. The van der Waals surface area contributed by atoms with Gasteiger partial charge in [0.05, 0.1) is 4.90 Å². The number of benzene rings is 1. The first kappa shape index (κ1) is 16.1. The minimum atomic E-state index is -3.40. The highest BCUT2D eigenvalue weighted by Gasteiger charge is 2.16. The molecule has 1 aromatic rings. The van der Waals surface area contributed by atoms with Crippen molar-refractivity contribution in [2.75, 3.05) is 6.54 Å². The Kier molecular flexibility index (Phi) is 6.48. The van der Waals surface area contributed by atoms with Crippen LogP contribution in [0.3, 0.4) is 0 Å². The van der Waals surface area contributed by atoms with Crippen LogP contribution in [0.2, 0.25) is 0 Å². The Bertz CT molecular complexity index is 486. The third-order valence-electron chi connectivity index (χ3n) is 2.93. The Hall–Kier alpha value is -0.910. The Labute approximate surface area is 116 Å². The summed E-state index contributed by atoms with van der Waals surface area (Å²) in [4.78, 5) is 0.337. The Morgan fingerprint density at radius 3 is 2.63 bits per heavy atom. The zero-order valence-electron chi connectivity index (χ0n) is 11.9. The Balaban J connectivity index is 2.80. The molecule has 0 amide bonds. The molecule has 19 heavy (non-hydrogen) atoms. The Morgan fingerprint density at radius 1 is 1.26 bits per heavy atom. The molecule has 0 aliphatic carbocycles. The molecule has 5 heteroatoms. The minimum absolute atomic E-state index is 0.0492. The molecule has 0 spiro atoms. The number of nitrogens with one attached hydrogen (secondary N) is 2. The lowest BCUT2D eigenvalue weighted by atomic mass is 10.2. The van der Waals surface area contributed by atoms with Crippen LogP contribution in [0.5, 0.6) is 0 Å². The minimum Gasteiger partial charge on any atom is -0.313 e. The van der Waals surface area contributed by atoms with Gasteiger partial charge in [0.15, 0.2) is 0 Å². The molecule has 0 aliphatic rings. The first-order valence-electron chi connectivity index (χ1n) is 6.81. The fourth-order valence-corrected chi connectivity index (χ4v) is 3.05. The van der Waals surface area contributed by atoms with Crippen molar-refractivity contribution in [2.45, 2.75) is 51.1 Å². The molecular weight excluding hydrogens is 260 g/mol. The van der Waals surface area contributed by atoms with E-state index < -0.39 is 10.0 Å². The van der Waals surface area contributed by atoms with Crippen molar-refractivity contribution in [2.24, 2.45) is 0 Å². The lowest BCUT2D eigenvalue weighted by Crippen LogP contribution is -2.32. The van der Waals surface area contributed by atoms with Gasteiger partial charge in [-0.1, -0.05) is 26.0 Å². The van der Waals surface area contributed by atoms with E-state index in [1.165, 1.54) is 0 Å². The van der Waals surface area contributed by atoms with Crippen molar-refractivity contribution in [3.63, 3.8) is 0 Å². The third kappa shape index (κ3) is 5.30. The molecule has 0 heterocycles. The zero-order valence-corrected chi connectivity index (χ0v) is 12.8. The molecule has 0 bridgehead atoms. The first-order valence-corrected chi connectivity index (χ1v) is 8.30. The molecule has 0 aromatic heterocycles. The molecule has 2 N–H and O–H groups in total. The highest BCUT2D eigenvalue weighted by Crippen LogP contribution is 2.12. The number of hydrogen-bond donors (Lipinski definition) is 2. The van der Waals surface area contributed by atoms with Gasteiger partial charge >= 0.3 is 0 Å². The van der Waals surface area contributed by atoms with Crippen molar-refractivity contribution >= 4 is 10.0 Å². The monoisotopic (exact) mass is 284 g/mol. The van der Waals surface area contributed by atoms with E-state index in [1.54, 1.807) is 18.2 Å². The SMILES string of the molecule is CCCNCc1cccc(S(=O)(=O)NC(C)CC)c1. The van der Waals surface area contributed by atoms with E-state index in [-0.39, 0.29) is 6.04 Å². The van der Waals surface area contributed by atoms with Crippen LogP contribution in [0.1, 0.15) is 39.2 Å². The fourth-order valence-electron chi connectivity index (χ4n) is 1.65. The summed E-state index contributed by atoms with van der Waals surface area (Å²) >= 11 is 0. The largest absolute Gasteiger partial charge is 0.313 e. The summed E-state index contributed by atoms with van der Waals surface area (Å²) in [6.07, 6.45) is 1.84. The Morgan fingerprint density at radius 2 is 2.00 bits per heavy atom. The maximum Gasteiger partial charge on any atom is 0.240 e. The predicted molar refractivity (Wildman–Crippen MR) is 78.5 cm³/mol. The molecule has 0 saturated carbocycles. The van der Waals surface area contributed by atoms with Gasteiger partial charge in [-0.05, 0) is 44.0 Å². The summed E-state index contributed by atoms with van der Waals surface area (Å²) in [7, 11) is -3.40. The van der Waals surface area contributed by atoms with E-state index >= 15 is 0 Å². The van der Waals surface area contributed by atoms with Crippen LogP contribution in [0.4, 0.5) is 0 Å². The molecule has 1 rings (SSSR count). The number of sulfonamides is 1. The average molecular weight is 284 g/mol. The quantitative estimate of drug-likeness (QED) is 0.720. The van der Waals surface area contributed by atoms with Crippen LogP contribution in [-0.4, -0.2) is 21.0 Å². The van der Waals surface area contributed by atoms with Gasteiger partial charge in [-0.3, -0.25) is 0 Å². The standard InChI is InChI=1S/C14H24N2O2S/c1-4-9-15-11-13-7-6-8-14(10-13)19(17,18)16-12(3)5-2/h6-8,10,12,15-16H,4-5,9,11H2,1-3H3. The van der Waals surface area contributed by atoms with Gasteiger partial charge in [-0.2, -0.15) is 0 Å². The van der Waals surface area contributed by atoms with E-state index in [1.807, 2.05) is 19.9 Å². The maximum absolute atomic E-state index is 12.2. The molecule has 1 atom stereocenters. The average Bonchev–Trinajstić information content (AvgIpc) is 2.39. The molecule has 108 valence electrons.